The van der Waals surface area contributed by atoms with Crippen molar-refractivity contribution in [3.05, 3.63) is 12.3 Å². The monoisotopic (exact) mass is 583 g/mol. The first-order valence-corrected chi connectivity index (χ1v) is 18.3. The van der Waals surface area contributed by atoms with E-state index in [0.717, 1.165) is 26.1 Å². The molecule has 4 nitrogen and oxygen atoms in total. The van der Waals surface area contributed by atoms with Crippen molar-refractivity contribution in [3.8, 4) is 0 Å². The third-order valence-corrected chi connectivity index (χ3v) is 8.04. The minimum absolute atomic E-state index is 0.0233. The molecule has 0 bridgehead atoms. The Balaban J connectivity index is 3.74. The summed E-state index contributed by atoms with van der Waals surface area (Å²) in [6, 6.07) is 0. The Hall–Kier alpha value is -0.580. The maximum absolute atomic E-state index is 6.23. The molecule has 0 aromatic heterocycles. The quantitative estimate of drug-likeness (QED) is 0.0418. The fraction of sp³-hybridized carbons (Fsp3) is 0.946. The van der Waals surface area contributed by atoms with E-state index in [4.69, 9.17) is 18.9 Å². The Morgan fingerprint density at radius 1 is 0.463 bits per heavy atom. The number of hydrogen-bond acceptors (Lipinski definition) is 4. The summed E-state index contributed by atoms with van der Waals surface area (Å²) in [5.74, 6) is 0. The molecule has 0 heterocycles. The van der Waals surface area contributed by atoms with Crippen LogP contribution in [-0.2, 0) is 18.9 Å². The smallest absolute Gasteiger partial charge is 0.187 e. The molecular formula is C37H74O4. The van der Waals surface area contributed by atoms with Crippen LogP contribution < -0.4 is 0 Å². The van der Waals surface area contributed by atoms with Gasteiger partial charge in [-0.25, -0.2) is 0 Å². The molecule has 0 N–H and O–H groups in total. The van der Waals surface area contributed by atoms with Crippen molar-refractivity contribution in [2.45, 2.75) is 200 Å². The highest BCUT2D eigenvalue weighted by atomic mass is 16.7. The lowest BCUT2D eigenvalue weighted by Gasteiger charge is -2.19. The molecule has 246 valence electrons. The van der Waals surface area contributed by atoms with Crippen LogP contribution in [0, 0.1) is 0 Å². The minimum Gasteiger partial charge on any atom is -0.476 e. The van der Waals surface area contributed by atoms with Gasteiger partial charge in [0.25, 0.3) is 0 Å². The molecule has 0 saturated heterocycles. The third kappa shape index (κ3) is 35.5. The van der Waals surface area contributed by atoms with Crippen molar-refractivity contribution in [2.24, 2.45) is 0 Å². The van der Waals surface area contributed by atoms with Crippen LogP contribution >= 0.6 is 0 Å². The van der Waals surface area contributed by atoms with Gasteiger partial charge in [0, 0.05) is 20.3 Å². The van der Waals surface area contributed by atoms with E-state index >= 15 is 0 Å². The fourth-order valence-electron chi connectivity index (χ4n) is 5.35. The molecule has 0 aliphatic rings. The summed E-state index contributed by atoms with van der Waals surface area (Å²) in [6.45, 7) is 6.66. The van der Waals surface area contributed by atoms with E-state index < -0.39 is 0 Å². The molecule has 0 aromatic carbocycles. The summed E-state index contributed by atoms with van der Waals surface area (Å²) >= 11 is 0. The van der Waals surface area contributed by atoms with Gasteiger partial charge in [0.2, 0.25) is 0 Å². The zero-order valence-electron chi connectivity index (χ0n) is 28.3. The second-order valence-electron chi connectivity index (χ2n) is 12.2. The highest BCUT2D eigenvalue weighted by Gasteiger charge is 2.09. The molecule has 0 aliphatic heterocycles. The van der Waals surface area contributed by atoms with E-state index in [9.17, 15) is 0 Å². The Labute approximate surface area is 258 Å². The van der Waals surface area contributed by atoms with Crippen LogP contribution in [0.1, 0.15) is 194 Å². The SMILES string of the molecule is CCCCCCCCCOC(CCCCCCCCCCCCCCC=COCOC)OCCCCCCCCC. The van der Waals surface area contributed by atoms with Crippen molar-refractivity contribution in [1.82, 2.24) is 0 Å². The van der Waals surface area contributed by atoms with E-state index in [0.29, 0.717) is 6.79 Å². The van der Waals surface area contributed by atoms with Crippen LogP contribution in [0.4, 0.5) is 0 Å². The predicted molar refractivity (Wildman–Crippen MR) is 178 cm³/mol. The lowest BCUT2D eigenvalue weighted by atomic mass is 10.0. The molecule has 0 aliphatic carbocycles. The molecule has 0 saturated carbocycles. The van der Waals surface area contributed by atoms with Crippen LogP contribution in [0.2, 0.25) is 0 Å². The number of rotatable bonds is 36. The first kappa shape index (κ1) is 40.4. The number of allylic oxidation sites excluding steroid dienone is 1. The van der Waals surface area contributed by atoms with Crippen molar-refractivity contribution < 1.29 is 18.9 Å². The summed E-state index contributed by atoms with van der Waals surface area (Å²) in [4.78, 5) is 0. The fourth-order valence-corrected chi connectivity index (χ4v) is 5.35. The van der Waals surface area contributed by atoms with Crippen LogP contribution in [-0.4, -0.2) is 33.4 Å². The van der Waals surface area contributed by atoms with E-state index in [2.05, 4.69) is 19.9 Å². The van der Waals surface area contributed by atoms with Gasteiger partial charge in [-0.1, -0.05) is 155 Å². The first-order chi connectivity index (χ1) is 20.3. The van der Waals surface area contributed by atoms with Gasteiger partial charge in [-0.2, -0.15) is 0 Å². The third-order valence-electron chi connectivity index (χ3n) is 8.04. The molecular weight excluding hydrogens is 508 g/mol. The zero-order chi connectivity index (χ0) is 29.7. The Bertz CT molecular complexity index is 462. The first-order valence-electron chi connectivity index (χ1n) is 18.3. The molecule has 0 fully saturated rings. The zero-order valence-corrected chi connectivity index (χ0v) is 28.3. The predicted octanol–water partition coefficient (Wildman–Crippen LogP) is 12.4. The summed E-state index contributed by atoms with van der Waals surface area (Å²) in [5, 5.41) is 0. The largest absolute Gasteiger partial charge is 0.476 e. The van der Waals surface area contributed by atoms with Crippen LogP contribution in [0.25, 0.3) is 0 Å². The van der Waals surface area contributed by atoms with Gasteiger partial charge in [0.15, 0.2) is 13.1 Å². The van der Waals surface area contributed by atoms with E-state index in [1.165, 1.54) is 167 Å². The molecule has 4 heteroatoms. The van der Waals surface area contributed by atoms with E-state index in [1.807, 2.05) is 0 Å². The Morgan fingerprint density at radius 3 is 1.29 bits per heavy atom. The summed E-state index contributed by atoms with van der Waals surface area (Å²) < 4.78 is 22.5. The van der Waals surface area contributed by atoms with Gasteiger partial charge in [0.1, 0.15) is 0 Å². The molecule has 0 radical (unpaired) electrons. The van der Waals surface area contributed by atoms with Crippen molar-refractivity contribution in [2.75, 3.05) is 27.1 Å². The van der Waals surface area contributed by atoms with Crippen LogP contribution in [0.5, 0.6) is 0 Å². The summed E-state index contributed by atoms with van der Waals surface area (Å²) in [5.41, 5.74) is 0. The average Bonchev–Trinajstić information content (AvgIpc) is 2.98. The number of hydrogen-bond donors (Lipinski definition) is 0. The summed E-state index contributed by atoms with van der Waals surface area (Å²) in [6.07, 6.45) is 41.1. The maximum atomic E-state index is 6.23. The van der Waals surface area contributed by atoms with Crippen molar-refractivity contribution in [1.29, 1.82) is 0 Å². The molecule has 0 rings (SSSR count). The normalized spacial score (nSPS) is 11.8. The topological polar surface area (TPSA) is 36.9 Å². The van der Waals surface area contributed by atoms with Gasteiger partial charge in [-0.15, -0.1) is 0 Å². The Kier molecular flexibility index (Phi) is 36.9. The summed E-state index contributed by atoms with van der Waals surface area (Å²) in [7, 11) is 1.65. The minimum atomic E-state index is 0.0233. The average molecular weight is 583 g/mol. The molecule has 0 unspecified atom stereocenters. The molecule has 0 amide bonds. The highest BCUT2D eigenvalue weighted by Crippen LogP contribution is 2.16. The van der Waals surface area contributed by atoms with E-state index in [1.54, 1.807) is 13.4 Å². The molecule has 0 atom stereocenters. The lowest BCUT2D eigenvalue weighted by Crippen LogP contribution is -2.19. The standard InChI is InChI=1S/C37H74O4/c1-4-6-8-10-21-26-30-34-40-37(41-35-31-27-22-11-9-7-5-2)32-28-24-20-18-16-14-12-13-15-17-19-23-25-29-33-39-36-38-3/h29,33,37H,4-28,30-32,34-36H2,1-3H3. The van der Waals surface area contributed by atoms with Gasteiger partial charge in [-0.3, -0.25) is 0 Å². The molecule has 0 aromatic rings. The van der Waals surface area contributed by atoms with Crippen LogP contribution in [0.15, 0.2) is 12.3 Å². The van der Waals surface area contributed by atoms with Crippen molar-refractivity contribution >= 4 is 0 Å². The van der Waals surface area contributed by atoms with Gasteiger partial charge >= 0.3 is 0 Å². The maximum Gasteiger partial charge on any atom is 0.187 e. The van der Waals surface area contributed by atoms with Gasteiger partial charge in [-0.05, 0) is 44.6 Å². The number of methoxy groups -OCH3 is 1. The van der Waals surface area contributed by atoms with E-state index in [-0.39, 0.29) is 6.29 Å². The van der Waals surface area contributed by atoms with Gasteiger partial charge < -0.3 is 18.9 Å². The molecule has 41 heavy (non-hydrogen) atoms. The second kappa shape index (κ2) is 37.4. The Morgan fingerprint density at radius 2 is 0.854 bits per heavy atom. The van der Waals surface area contributed by atoms with Crippen LogP contribution in [0.3, 0.4) is 0 Å². The van der Waals surface area contributed by atoms with Gasteiger partial charge in [0.05, 0.1) is 6.26 Å². The second-order valence-corrected chi connectivity index (χ2v) is 12.2. The highest BCUT2D eigenvalue weighted by molar-refractivity contribution is 4.72. The molecule has 0 spiro atoms. The van der Waals surface area contributed by atoms with Crippen molar-refractivity contribution in [3.63, 3.8) is 0 Å². The number of ether oxygens (including phenoxy) is 4. The lowest BCUT2D eigenvalue weighted by molar-refractivity contribution is -0.148. The number of unbranched alkanes of at least 4 members (excludes halogenated alkanes) is 24.